The summed E-state index contributed by atoms with van der Waals surface area (Å²) in [5, 5.41) is 8.49. The number of phosphoric acid groups is 1. The molecule has 3 unspecified atom stereocenters. The molecule has 0 bridgehead atoms. The van der Waals surface area contributed by atoms with Crippen LogP contribution >= 0.6 is 7.82 Å². The number of hydrogen-bond donors (Lipinski definition) is 3. The average Bonchev–Trinajstić information content (AvgIpc) is 2.26. The maximum absolute atomic E-state index is 11.4. The van der Waals surface area contributed by atoms with Gasteiger partial charge in [0.05, 0.1) is 13.2 Å². The van der Waals surface area contributed by atoms with Gasteiger partial charge in [0.25, 0.3) is 0 Å². The van der Waals surface area contributed by atoms with Crippen molar-refractivity contribution >= 4 is 13.8 Å². The Hall–Kier alpha value is -0.460. The minimum Gasteiger partial charge on any atom is -0.480 e. The Morgan fingerprint density at radius 3 is 1.78 bits per heavy atom. The number of carbonyl (C=O) groups is 1. The molecule has 4 N–H and O–H groups in total. The van der Waals surface area contributed by atoms with Crippen molar-refractivity contribution in [1.29, 1.82) is 0 Å². The van der Waals surface area contributed by atoms with Crippen LogP contribution in [0.3, 0.4) is 0 Å². The first-order valence-corrected chi connectivity index (χ1v) is 7.29. The van der Waals surface area contributed by atoms with Crippen molar-refractivity contribution in [3.05, 3.63) is 0 Å². The molecular formula is C15H42NO6P. The zero-order valence-corrected chi connectivity index (χ0v) is 11.8. The van der Waals surface area contributed by atoms with E-state index in [1.54, 1.807) is 0 Å². The van der Waals surface area contributed by atoms with E-state index in [1.165, 1.54) is 0 Å². The Labute approximate surface area is 144 Å². The van der Waals surface area contributed by atoms with Crippen LogP contribution in [0.25, 0.3) is 0 Å². The Morgan fingerprint density at radius 1 is 1.09 bits per heavy atom. The maximum atomic E-state index is 11.4. The maximum Gasteiger partial charge on any atom is 0.472 e. The highest BCUT2D eigenvalue weighted by Crippen LogP contribution is 2.44. The van der Waals surface area contributed by atoms with Gasteiger partial charge in [-0.15, -0.1) is 0 Å². The molecule has 0 aliphatic carbocycles. The molecule has 0 radical (unpaired) electrons. The zero-order valence-electron chi connectivity index (χ0n) is 10.9. The number of carboxylic acid groups (broad SMARTS) is 1. The molecule has 0 saturated carbocycles. The van der Waals surface area contributed by atoms with Gasteiger partial charge in [0.1, 0.15) is 6.04 Å². The molecule has 0 aromatic carbocycles. The summed E-state index contributed by atoms with van der Waals surface area (Å²) in [7, 11) is -4.24. The topological polar surface area (TPSA) is 119 Å². The lowest BCUT2D eigenvalue weighted by atomic mass is 9.94. The van der Waals surface area contributed by atoms with Crippen LogP contribution in [-0.2, 0) is 18.4 Å². The molecule has 23 heavy (non-hydrogen) atoms. The molecule has 8 heteroatoms. The summed E-state index contributed by atoms with van der Waals surface area (Å²) in [6.07, 6.45) is 0.812. The lowest BCUT2D eigenvalue weighted by Crippen LogP contribution is -2.34. The minimum atomic E-state index is -4.24. The van der Waals surface area contributed by atoms with E-state index in [2.05, 4.69) is 4.52 Å². The summed E-state index contributed by atoms with van der Waals surface area (Å²) in [4.78, 5) is 19.7. The van der Waals surface area contributed by atoms with Crippen LogP contribution in [0.15, 0.2) is 0 Å². The molecule has 0 aliphatic heterocycles. The first kappa shape index (κ1) is 38.2. The van der Waals surface area contributed by atoms with E-state index in [-0.39, 0.29) is 49.7 Å². The second-order valence-corrected chi connectivity index (χ2v) is 5.87. The number of phosphoric ester groups is 1. The average molecular weight is 363 g/mol. The van der Waals surface area contributed by atoms with Crippen molar-refractivity contribution in [2.45, 2.75) is 70.4 Å². The van der Waals surface area contributed by atoms with Gasteiger partial charge >= 0.3 is 13.8 Å². The second kappa shape index (κ2) is 17.9. The fourth-order valence-electron chi connectivity index (χ4n) is 1.25. The molecular weight excluding hydrogens is 321 g/mol. The Kier molecular flexibility index (Phi) is 29.7. The van der Waals surface area contributed by atoms with Crippen molar-refractivity contribution < 1.29 is 28.4 Å². The normalized spacial score (nSPS) is 14.3. The quantitative estimate of drug-likeness (QED) is 0.519. The number of aliphatic carboxylic acids is 1. The highest BCUT2D eigenvalue weighted by Gasteiger charge is 2.26. The standard InChI is InChI=1S/C10H22NO6P.5CH4/c1-4-8(7(2)3)5-16-18(14,15)17-6-9(11)10(12)13;;;;;/h7-9H,4-6,11H2,1-3H3,(H,12,13)(H,14,15);5*1H4. The second-order valence-electron chi connectivity index (χ2n) is 4.42. The first-order chi connectivity index (χ1) is 8.19. The number of nitrogens with two attached hydrogens (primary N) is 1. The van der Waals surface area contributed by atoms with Gasteiger partial charge in [-0.25, -0.2) is 4.57 Å². The molecule has 0 aromatic rings. The number of hydrogen-bond acceptors (Lipinski definition) is 5. The van der Waals surface area contributed by atoms with Crippen LogP contribution in [0.2, 0.25) is 0 Å². The first-order valence-electron chi connectivity index (χ1n) is 5.79. The van der Waals surface area contributed by atoms with Crippen LogP contribution in [-0.4, -0.2) is 35.2 Å². The third kappa shape index (κ3) is 17.7. The van der Waals surface area contributed by atoms with Crippen LogP contribution < -0.4 is 5.73 Å². The smallest absolute Gasteiger partial charge is 0.472 e. The van der Waals surface area contributed by atoms with Gasteiger partial charge in [0.2, 0.25) is 0 Å². The van der Waals surface area contributed by atoms with Gasteiger partial charge in [-0.1, -0.05) is 64.3 Å². The van der Waals surface area contributed by atoms with Gasteiger partial charge in [-0.2, -0.15) is 0 Å². The number of carboxylic acids is 1. The van der Waals surface area contributed by atoms with Gasteiger partial charge in [-0.05, 0) is 11.8 Å². The zero-order chi connectivity index (χ0) is 14.3. The fourth-order valence-corrected chi connectivity index (χ4v) is 2.06. The Morgan fingerprint density at radius 2 is 1.48 bits per heavy atom. The summed E-state index contributed by atoms with van der Waals surface area (Å²) >= 11 is 0. The molecule has 0 aliphatic rings. The van der Waals surface area contributed by atoms with Crippen LogP contribution in [0.1, 0.15) is 64.3 Å². The lowest BCUT2D eigenvalue weighted by Gasteiger charge is -2.20. The van der Waals surface area contributed by atoms with Gasteiger partial charge < -0.3 is 15.7 Å². The van der Waals surface area contributed by atoms with Crippen LogP contribution in [0, 0.1) is 11.8 Å². The highest BCUT2D eigenvalue weighted by molar-refractivity contribution is 7.47. The fraction of sp³-hybridized carbons (Fsp3) is 0.933. The summed E-state index contributed by atoms with van der Waals surface area (Å²) in [5.74, 6) is -0.845. The van der Waals surface area contributed by atoms with E-state index in [9.17, 15) is 14.3 Å². The highest BCUT2D eigenvalue weighted by atomic mass is 31.2. The molecule has 7 nitrogen and oxygen atoms in total. The lowest BCUT2D eigenvalue weighted by molar-refractivity contribution is -0.139. The molecule has 0 amide bonds. The monoisotopic (exact) mass is 363 g/mol. The molecule has 0 saturated heterocycles. The van der Waals surface area contributed by atoms with E-state index in [0.29, 0.717) is 5.92 Å². The van der Waals surface area contributed by atoms with E-state index in [1.807, 2.05) is 20.8 Å². The van der Waals surface area contributed by atoms with E-state index < -0.39 is 26.4 Å². The molecule has 0 aromatic heterocycles. The number of rotatable bonds is 9. The van der Waals surface area contributed by atoms with Gasteiger partial charge in [0.15, 0.2) is 0 Å². The summed E-state index contributed by atoms with van der Waals surface area (Å²) in [5.41, 5.74) is 5.14. The van der Waals surface area contributed by atoms with Crippen molar-refractivity contribution in [2.24, 2.45) is 17.6 Å². The molecule has 0 rings (SSSR count). The molecule has 0 fully saturated rings. The Balaban J connectivity index is -0.000000144. The van der Waals surface area contributed by atoms with Crippen molar-refractivity contribution in [3.63, 3.8) is 0 Å². The van der Waals surface area contributed by atoms with Crippen LogP contribution in [0.4, 0.5) is 0 Å². The van der Waals surface area contributed by atoms with Gasteiger partial charge in [0, 0.05) is 0 Å². The van der Waals surface area contributed by atoms with Crippen molar-refractivity contribution in [3.8, 4) is 0 Å². The SMILES string of the molecule is C.C.C.C.C.CCC(COP(=O)(O)OCC(N)C(=O)O)C(C)C. The van der Waals surface area contributed by atoms with Crippen molar-refractivity contribution in [2.75, 3.05) is 13.2 Å². The summed E-state index contributed by atoms with van der Waals surface area (Å²) in [6, 6.07) is -1.35. The minimum absolute atomic E-state index is 0. The largest absolute Gasteiger partial charge is 0.480 e. The summed E-state index contributed by atoms with van der Waals surface area (Å²) in [6.45, 7) is 5.45. The van der Waals surface area contributed by atoms with E-state index in [0.717, 1.165) is 6.42 Å². The predicted molar refractivity (Wildman–Crippen MR) is 99.6 cm³/mol. The molecule has 3 atom stereocenters. The van der Waals surface area contributed by atoms with Crippen molar-refractivity contribution in [1.82, 2.24) is 0 Å². The van der Waals surface area contributed by atoms with Crippen LogP contribution in [0.5, 0.6) is 0 Å². The predicted octanol–water partition coefficient (Wildman–Crippen LogP) is 4.39. The third-order valence-corrected chi connectivity index (χ3v) is 3.60. The van der Waals surface area contributed by atoms with Gasteiger partial charge in [-0.3, -0.25) is 13.8 Å². The molecule has 0 spiro atoms. The third-order valence-electron chi connectivity index (χ3n) is 2.65. The summed E-state index contributed by atoms with van der Waals surface area (Å²) < 4.78 is 20.8. The van der Waals surface area contributed by atoms with E-state index >= 15 is 0 Å². The molecule has 0 heterocycles. The van der Waals surface area contributed by atoms with E-state index in [4.69, 9.17) is 15.4 Å². The Bertz CT molecular complexity index is 312. The molecule has 148 valence electrons.